The number of hydrogen-bond donors (Lipinski definition) is 6. The lowest BCUT2D eigenvalue weighted by Gasteiger charge is -2.53. The number of phenols is 1. The number of likely N-dealkylation sites (N-methyl/N-ethyl adjacent to an activating group) is 1. The molecule has 0 bridgehead atoms. The van der Waals surface area contributed by atoms with E-state index in [4.69, 9.17) is 17.3 Å². The predicted molar refractivity (Wildman–Crippen MR) is 123 cm³/mol. The summed E-state index contributed by atoms with van der Waals surface area (Å²) < 4.78 is 0. The minimum atomic E-state index is -2.93. The van der Waals surface area contributed by atoms with Crippen LogP contribution in [0.5, 0.6) is 5.75 Å². The van der Waals surface area contributed by atoms with Crippen LogP contribution < -0.4 is 5.73 Å². The second kappa shape index (κ2) is 8.24. The van der Waals surface area contributed by atoms with Gasteiger partial charge in [0, 0.05) is 16.5 Å². The van der Waals surface area contributed by atoms with Crippen LogP contribution in [0.2, 0.25) is 5.02 Å². The molecule has 0 aromatic heterocycles. The Morgan fingerprint density at radius 2 is 1.76 bits per heavy atom. The Morgan fingerprint density at radius 3 is 2.29 bits per heavy atom. The highest BCUT2D eigenvalue weighted by Gasteiger charge is 2.68. The van der Waals surface area contributed by atoms with Crippen LogP contribution in [-0.2, 0) is 14.4 Å². The van der Waals surface area contributed by atoms with Gasteiger partial charge in [0.15, 0.2) is 11.4 Å². The Bertz CT molecular complexity index is 1190. The van der Waals surface area contributed by atoms with Crippen LogP contribution in [-0.4, -0.2) is 79.7 Å². The number of amides is 1. The van der Waals surface area contributed by atoms with Crippen LogP contribution in [0.1, 0.15) is 24.0 Å². The molecule has 10 nitrogen and oxygen atoms in total. The number of Topliss-reactive ketones (excluding diaryl/α,β-unsaturated/α-hetero) is 2. The summed E-state index contributed by atoms with van der Waals surface area (Å²) in [5, 5.41) is 55.3. The van der Waals surface area contributed by atoms with Gasteiger partial charge in [0.25, 0.3) is 5.91 Å². The van der Waals surface area contributed by atoms with Crippen molar-refractivity contribution in [1.29, 1.82) is 0 Å². The second-order valence-corrected chi connectivity index (χ2v) is 9.31. The maximum absolute atomic E-state index is 13.7. The highest BCUT2D eigenvalue weighted by atomic mass is 35.5. The molecule has 0 saturated heterocycles. The number of benzene rings is 1. The van der Waals surface area contributed by atoms with Gasteiger partial charge in [0.1, 0.15) is 22.8 Å². The maximum Gasteiger partial charge on any atom is 0.255 e. The van der Waals surface area contributed by atoms with Gasteiger partial charge in [0.05, 0.1) is 23.6 Å². The smallest absolute Gasteiger partial charge is 0.255 e. The summed E-state index contributed by atoms with van der Waals surface area (Å²) in [6.45, 7) is 1.61. The van der Waals surface area contributed by atoms with Gasteiger partial charge in [-0.05, 0) is 37.7 Å². The molecule has 0 heterocycles. The number of aliphatic hydroxyl groups is 4. The van der Waals surface area contributed by atoms with Gasteiger partial charge in [-0.2, -0.15) is 0 Å². The normalized spacial score (nSPS) is 32.7. The van der Waals surface area contributed by atoms with E-state index in [-0.39, 0.29) is 34.3 Å². The summed E-state index contributed by atoms with van der Waals surface area (Å²) in [6, 6.07) is 1.22. The van der Waals surface area contributed by atoms with Gasteiger partial charge in [-0.25, -0.2) is 0 Å². The number of ketones is 2. The Morgan fingerprint density at radius 1 is 1.18 bits per heavy atom. The number of primary amides is 1. The number of hydrogen-bond acceptors (Lipinski definition) is 9. The molecule has 0 aliphatic heterocycles. The topological polar surface area (TPSA) is 182 Å². The van der Waals surface area contributed by atoms with Crippen molar-refractivity contribution in [2.75, 3.05) is 14.1 Å². The monoisotopic (exact) mass is 514 g/mol. The fourth-order valence-electron chi connectivity index (χ4n) is 5.64. The van der Waals surface area contributed by atoms with Crippen LogP contribution in [0.15, 0.2) is 29.0 Å². The van der Waals surface area contributed by atoms with E-state index in [2.05, 4.69) is 0 Å². The van der Waals surface area contributed by atoms with Crippen molar-refractivity contribution >= 4 is 47.2 Å². The van der Waals surface area contributed by atoms with Crippen molar-refractivity contribution in [2.24, 2.45) is 17.6 Å². The molecule has 3 aliphatic carbocycles. The summed E-state index contributed by atoms with van der Waals surface area (Å²) in [5.74, 6) is -9.40. The average Bonchev–Trinajstić information content (AvgIpc) is 2.72. The first kappa shape index (κ1) is 26.0. The van der Waals surface area contributed by atoms with Crippen molar-refractivity contribution in [3.63, 3.8) is 0 Å². The van der Waals surface area contributed by atoms with Crippen LogP contribution in [0, 0.1) is 11.8 Å². The van der Waals surface area contributed by atoms with Crippen molar-refractivity contribution < 1.29 is 39.9 Å². The standard InChI is InChI=1S/C22H23ClN2O8.ClH/c1-6-9-7(23)4-5-8(26)11(9)16(27)12-10(6)17(28)14-15(25(2)3)18(29)13(21(24)32)20(31)22(14,33)19(12)30;/h4-6,10,14-15,17,26-28,31,33H,1-3H3,(H2,24,32);1H/t6-,10+,14+,15-,17-,22+;/m0./s1. The molecule has 1 amide bonds. The van der Waals surface area contributed by atoms with E-state index >= 15 is 0 Å². The number of fused-ring (bicyclic) bond motifs is 3. The first-order valence-electron chi connectivity index (χ1n) is 10.1. The number of carbonyl (C=O) groups excluding carboxylic acids is 3. The van der Waals surface area contributed by atoms with Gasteiger partial charge in [-0.1, -0.05) is 18.5 Å². The largest absolute Gasteiger partial charge is 0.508 e. The SMILES string of the molecule is C[C@H]1c2c(Cl)ccc(O)c2C(O)=C2C(=O)[C@@]3(O)C(O)=C(C(N)=O)C(=O)[C@@H](N(C)C)[C@@H]3[C@@H](O)[C@@H]21.Cl. The molecular formula is C22H24Cl2N2O8. The molecular weight excluding hydrogens is 491 g/mol. The number of aliphatic hydroxyl groups excluding tert-OH is 3. The number of halogens is 2. The number of phenolic OH excluding ortho intramolecular Hbond substituents is 1. The van der Waals surface area contributed by atoms with Crippen LogP contribution >= 0.6 is 24.0 Å². The lowest BCUT2D eigenvalue weighted by Crippen LogP contribution is -2.70. The Balaban J connectivity index is 0.00000324. The Kier molecular flexibility index (Phi) is 6.30. The van der Waals surface area contributed by atoms with Gasteiger partial charge in [0.2, 0.25) is 5.78 Å². The molecule has 4 rings (SSSR count). The van der Waals surface area contributed by atoms with Gasteiger partial charge in [-0.3, -0.25) is 19.3 Å². The highest BCUT2D eigenvalue weighted by molar-refractivity contribution is 6.32. The van der Waals surface area contributed by atoms with Crippen LogP contribution in [0.25, 0.3) is 5.76 Å². The third-order valence-corrected chi connectivity index (χ3v) is 7.38. The summed E-state index contributed by atoms with van der Waals surface area (Å²) in [6.07, 6.45) is -1.65. The average molecular weight is 515 g/mol. The molecule has 0 unspecified atom stereocenters. The minimum Gasteiger partial charge on any atom is -0.508 e. The Labute approximate surface area is 205 Å². The Hall–Kier alpha value is -2.63. The third-order valence-electron chi connectivity index (χ3n) is 7.05. The second-order valence-electron chi connectivity index (χ2n) is 8.90. The molecule has 184 valence electrons. The van der Waals surface area contributed by atoms with E-state index in [1.807, 2.05) is 0 Å². The zero-order valence-electron chi connectivity index (χ0n) is 18.3. The third kappa shape index (κ3) is 3.03. The van der Waals surface area contributed by atoms with Gasteiger partial charge in [-0.15, -0.1) is 12.4 Å². The molecule has 1 fully saturated rings. The fraction of sp³-hybridized carbons (Fsp3) is 0.409. The van der Waals surface area contributed by atoms with Crippen molar-refractivity contribution in [3.8, 4) is 5.75 Å². The molecule has 1 aromatic carbocycles. The summed E-state index contributed by atoms with van der Waals surface area (Å²) in [7, 11) is 2.89. The highest BCUT2D eigenvalue weighted by Crippen LogP contribution is 2.57. The maximum atomic E-state index is 13.7. The van der Waals surface area contributed by atoms with Gasteiger partial charge >= 0.3 is 0 Å². The van der Waals surface area contributed by atoms with Crippen molar-refractivity contribution in [3.05, 3.63) is 45.2 Å². The molecule has 3 aliphatic rings. The number of nitrogens with zero attached hydrogens (tertiary/aromatic N) is 1. The van der Waals surface area contributed by atoms with E-state index in [1.165, 1.54) is 31.1 Å². The fourth-order valence-corrected chi connectivity index (χ4v) is 5.97. The number of carbonyl (C=O) groups is 3. The van der Waals surface area contributed by atoms with Crippen LogP contribution in [0.4, 0.5) is 0 Å². The first-order valence-corrected chi connectivity index (χ1v) is 10.5. The minimum absolute atomic E-state index is 0. The van der Waals surface area contributed by atoms with Gasteiger partial charge < -0.3 is 31.3 Å². The zero-order chi connectivity index (χ0) is 24.7. The van der Waals surface area contributed by atoms with Crippen molar-refractivity contribution in [2.45, 2.75) is 30.6 Å². The molecule has 0 radical (unpaired) electrons. The molecule has 1 saturated carbocycles. The molecule has 6 atom stereocenters. The molecule has 7 N–H and O–H groups in total. The van der Waals surface area contributed by atoms with E-state index in [0.717, 1.165) is 0 Å². The lowest BCUT2D eigenvalue weighted by atomic mass is 9.54. The summed E-state index contributed by atoms with van der Waals surface area (Å²) >= 11 is 6.31. The number of aromatic hydroxyl groups is 1. The van der Waals surface area contributed by atoms with E-state index in [9.17, 15) is 39.9 Å². The first-order chi connectivity index (χ1) is 15.3. The van der Waals surface area contributed by atoms with Crippen molar-refractivity contribution in [1.82, 2.24) is 4.90 Å². The summed E-state index contributed by atoms with van der Waals surface area (Å²) in [5.41, 5.74) is 1.05. The lowest BCUT2D eigenvalue weighted by molar-refractivity contribution is -0.169. The van der Waals surface area contributed by atoms with E-state index in [1.54, 1.807) is 6.92 Å². The molecule has 1 aromatic rings. The molecule has 12 heteroatoms. The number of rotatable bonds is 2. The number of nitrogens with two attached hydrogens (primary N) is 1. The zero-order valence-corrected chi connectivity index (χ0v) is 19.9. The van der Waals surface area contributed by atoms with E-state index in [0.29, 0.717) is 0 Å². The molecule has 34 heavy (non-hydrogen) atoms. The summed E-state index contributed by atoms with van der Waals surface area (Å²) in [4.78, 5) is 40.0. The predicted octanol–water partition coefficient (Wildman–Crippen LogP) is 0.571. The van der Waals surface area contributed by atoms with Crippen LogP contribution in [0.3, 0.4) is 0 Å². The quantitative estimate of drug-likeness (QED) is 0.307. The van der Waals surface area contributed by atoms with E-state index < -0.39 is 75.6 Å². The molecule has 0 spiro atoms.